The first-order valence-corrected chi connectivity index (χ1v) is 10.3. The Balaban J connectivity index is 1.57. The first kappa shape index (κ1) is 17.3. The molecule has 0 aliphatic carbocycles. The molecule has 1 aliphatic rings. The van der Waals surface area contributed by atoms with E-state index in [2.05, 4.69) is 40.8 Å². The molecule has 10 heteroatoms. The Morgan fingerprint density at radius 2 is 1.97 bits per heavy atom. The molecule has 1 N–H and O–H groups in total. The van der Waals surface area contributed by atoms with Crippen molar-refractivity contribution in [3.05, 3.63) is 75.9 Å². The summed E-state index contributed by atoms with van der Waals surface area (Å²) in [5.41, 5.74) is 2.56. The van der Waals surface area contributed by atoms with Gasteiger partial charge in [0.1, 0.15) is 17.4 Å². The number of nitrogens with zero attached hydrogens (tertiary/aromatic N) is 7. The van der Waals surface area contributed by atoms with Gasteiger partial charge in [-0.25, -0.2) is 19.5 Å². The third kappa shape index (κ3) is 2.43. The maximum atomic E-state index is 13.5. The molecule has 1 aromatic carbocycles. The fourth-order valence-corrected chi connectivity index (χ4v) is 4.44. The van der Waals surface area contributed by atoms with E-state index in [9.17, 15) is 4.79 Å². The molecule has 1 aliphatic heterocycles. The number of hydrogen-bond acceptors (Lipinski definition) is 6. The van der Waals surface area contributed by atoms with Gasteiger partial charge >= 0.3 is 0 Å². The number of nitrogens with one attached hydrogen (secondary N) is 1. The molecule has 5 heterocycles. The Labute approximate surface area is 178 Å². The molecule has 0 bridgehead atoms. The predicted octanol–water partition coefficient (Wildman–Crippen LogP) is 2.87. The van der Waals surface area contributed by atoms with Crippen molar-refractivity contribution in [1.82, 2.24) is 34.1 Å². The highest BCUT2D eigenvalue weighted by molar-refractivity contribution is 9.10. The zero-order chi connectivity index (χ0) is 20.2. The van der Waals surface area contributed by atoms with Crippen LogP contribution in [0.15, 0.2) is 64.5 Å². The van der Waals surface area contributed by atoms with Gasteiger partial charge < -0.3 is 9.88 Å². The van der Waals surface area contributed by atoms with Crippen LogP contribution >= 0.6 is 15.9 Å². The molecule has 0 radical (unpaired) electrons. The molecule has 1 atom stereocenters. The van der Waals surface area contributed by atoms with Gasteiger partial charge in [0, 0.05) is 12.7 Å². The van der Waals surface area contributed by atoms with Crippen LogP contribution in [0, 0.1) is 0 Å². The molecule has 0 saturated carbocycles. The lowest BCUT2D eigenvalue weighted by Crippen LogP contribution is -2.45. The van der Waals surface area contributed by atoms with Crippen LogP contribution < -0.4 is 10.5 Å². The summed E-state index contributed by atoms with van der Waals surface area (Å²) in [5.74, 6) is 1.43. The normalized spacial score (nSPS) is 16.3. The van der Waals surface area contributed by atoms with Crippen LogP contribution in [0.3, 0.4) is 0 Å². The van der Waals surface area contributed by atoms with Crippen molar-refractivity contribution in [1.29, 1.82) is 0 Å². The predicted molar refractivity (Wildman–Crippen MR) is 115 cm³/mol. The van der Waals surface area contributed by atoms with E-state index in [4.69, 9.17) is 5.10 Å². The zero-order valence-electron chi connectivity index (χ0n) is 15.6. The number of aromatic nitrogens is 7. The summed E-state index contributed by atoms with van der Waals surface area (Å²) in [4.78, 5) is 31.7. The SMILES string of the molecule is O=c1c2c(Br)ccn2nc([C@@H]2CCN2c2ncnc3nc[nH]c23)n1-c1ccccc1. The highest BCUT2D eigenvalue weighted by Crippen LogP contribution is 2.38. The number of rotatable bonds is 3. The Kier molecular flexibility index (Phi) is 3.75. The summed E-state index contributed by atoms with van der Waals surface area (Å²) < 4.78 is 4.06. The van der Waals surface area contributed by atoms with Crippen molar-refractivity contribution in [2.24, 2.45) is 0 Å². The third-order valence-corrected chi connectivity index (χ3v) is 6.11. The molecular weight excluding hydrogens is 448 g/mol. The van der Waals surface area contributed by atoms with Gasteiger partial charge in [-0.3, -0.25) is 9.36 Å². The van der Waals surface area contributed by atoms with Gasteiger partial charge in [-0.05, 0) is 40.5 Å². The number of benzene rings is 1. The number of halogens is 1. The Morgan fingerprint density at radius 1 is 1.10 bits per heavy atom. The minimum absolute atomic E-state index is 0.107. The van der Waals surface area contributed by atoms with E-state index in [1.54, 1.807) is 21.6 Å². The van der Waals surface area contributed by atoms with Crippen LogP contribution in [0.4, 0.5) is 5.82 Å². The average molecular weight is 463 g/mol. The smallest absolute Gasteiger partial charge is 0.283 e. The van der Waals surface area contributed by atoms with Crippen LogP contribution in [0.2, 0.25) is 0 Å². The van der Waals surface area contributed by atoms with E-state index in [0.717, 1.165) is 34.5 Å². The molecule has 1 saturated heterocycles. The first-order valence-electron chi connectivity index (χ1n) is 9.48. The first-order chi connectivity index (χ1) is 14.7. The number of H-pyrrole nitrogens is 1. The van der Waals surface area contributed by atoms with Gasteiger partial charge in [-0.2, -0.15) is 5.10 Å². The molecule has 148 valence electrons. The van der Waals surface area contributed by atoms with E-state index in [-0.39, 0.29) is 11.6 Å². The second-order valence-corrected chi connectivity index (χ2v) is 7.94. The lowest BCUT2D eigenvalue weighted by Gasteiger charge is -2.41. The van der Waals surface area contributed by atoms with Crippen molar-refractivity contribution < 1.29 is 0 Å². The quantitative estimate of drug-likeness (QED) is 0.442. The standard InChI is InChI=1S/C20H15BrN8O/c21-13-6-9-28-16(13)20(30)29(12-4-2-1-3-5-12)18(26-28)14-7-8-27(14)19-15-17(23-10-22-15)24-11-25-19/h1-6,9-11,14H,7-8H2,(H,22,23,24,25)/t14-/m0/s1. The van der Waals surface area contributed by atoms with Gasteiger partial charge in [0.05, 0.1) is 22.5 Å². The van der Waals surface area contributed by atoms with E-state index < -0.39 is 0 Å². The average Bonchev–Trinajstić information content (AvgIpc) is 3.35. The number of imidazole rings is 1. The topological polar surface area (TPSA) is 97.0 Å². The maximum absolute atomic E-state index is 13.5. The molecular formula is C20H15BrN8O. The van der Waals surface area contributed by atoms with Crippen molar-refractivity contribution in [2.45, 2.75) is 12.5 Å². The van der Waals surface area contributed by atoms with Crippen LogP contribution in [0.5, 0.6) is 0 Å². The van der Waals surface area contributed by atoms with Crippen molar-refractivity contribution >= 4 is 38.4 Å². The summed E-state index contributed by atoms with van der Waals surface area (Å²) in [5, 5.41) is 4.84. The number of para-hydroxylation sites is 1. The second kappa shape index (κ2) is 6.49. The third-order valence-electron chi connectivity index (χ3n) is 5.47. The van der Waals surface area contributed by atoms with Crippen LogP contribution in [0.1, 0.15) is 18.3 Å². The summed E-state index contributed by atoms with van der Waals surface area (Å²) in [6, 6.07) is 11.3. The van der Waals surface area contributed by atoms with Crippen molar-refractivity contribution in [2.75, 3.05) is 11.4 Å². The summed E-state index contributed by atoms with van der Waals surface area (Å²) in [6.45, 7) is 0.799. The summed E-state index contributed by atoms with van der Waals surface area (Å²) in [6.07, 6.45) is 5.77. The lowest BCUT2D eigenvalue weighted by atomic mass is 10.0. The molecule has 0 spiro atoms. The van der Waals surface area contributed by atoms with Crippen molar-refractivity contribution in [3.63, 3.8) is 0 Å². The Bertz CT molecular complexity index is 1450. The van der Waals surface area contributed by atoms with Gasteiger partial charge in [0.15, 0.2) is 17.3 Å². The van der Waals surface area contributed by atoms with Gasteiger partial charge in [0.2, 0.25) is 0 Å². The monoisotopic (exact) mass is 462 g/mol. The number of hydrogen-bond donors (Lipinski definition) is 1. The fourth-order valence-electron chi connectivity index (χ4n) is 3.97. The molecule has 0 amide bonds. The fraction of sp³-hybridized carbons (Fsp3) is 0.150. The molecule has 1 fully saturated rings. The Hall–Kier alpha value is -3.53. The molecule has 0 unspecified atom stereocenters. The van der Waals surface area contributed by atoms with Crippen LogP contribution in [-0.2, 0) is 0 Å². The maximum Gasteiger partial charge on any atom is 0.283 e. The van der Waals surface area contributed by atoms with E-state index in [0.29, 0.717) is 17.0 Å². The lowest BCUT2D eigenvalue weighted by molar-refractivity contribution is 0.424. The summed E-state index contributed by atoms with van der Waals surface area (Å²) in [7, 11) is 0. The van der Waals surface area contributed by atoms with Gasteiger partial charge in [-0.15, -0.1) is 0 Å². The molecule has 4 aromatic heterocycles. The highest BCUT2D eigenvalue weighted by atomic mass is 79.9. The van der Waals surface area contributed by atoms with Crippen molar-refractivity contribution in [3.8, 4) is 5.69 Å². The van der Waals surface area contributed by atoms with E-state index >= 15 is 0 Å². The highest BCUT2D eigenvalue weighted by Gasteiger charge is 2.36. The molecule has 9 nitrogen and oxygen atoms in total. The van der Waals surface area contributed by atoms with Crippen LogP contribution in [-0.4, -0.2) is 40.7 Å². The molecule has 6 rings (SSSR count). The number of fused-ring (bicyclic) bond motifs is 2. The summed E-state index contributed by atoms with van der Waals surface area (Å²) >= 11 is 3.48. The van der Waals surface area contributed by atoms with Gasteiger partial charge in [0.25, 0.3) is 5.56 Å². The largest absolute Gasteiger partial charge is 0.344 e. The van der Waals surface area contributed by atoms with E-state index in [1.165, 1.54) is 6.33 Å². The zero-order valence-corrected chi connectivity index (χ0v) is 17.2. The Morgan fingerprint density at radius 3 is 2.77 bits per heavy atom. The molecule has 5 aromatic rings. The van der Waals surface area contributed by atoms with Crippen LogP contribution in [0.25, 0.3) is 22.4 Å². The number of anilines is 1. The number of aromatic amines is 1. The second-order valence-electron chi connectivity index (χ2n) is 7.09. The minimum atomic E-state index is -0.121. The molecule has 30 heavy (non-hydrogen) atoms. The van der Waals surface area contributed by atoms with E-state index in [1.807, 2.05) is 36.4 Å². The minimum Gasteiger partial charge on any atom is -0.344 e. The van der Waals surface area contributed by atoms with Gasteiger partial charge in [-0.1, -0.05) is 18.2 Å².